The number of aromatic nitrogens is 1. The Balaban J connectivity index is 1.33. The summed E-state index contributed by atoms with van der Waals surface area (Å²) >= 11 is 0. The average molecular weight is 411 g/mol. The molecule has 0 radical (unpaired) electrons. The van der Waals surface area contributed by atoms with Crippen molar-refractivity contribution in [3.63, 3.8) is 0 Å². The van der Waals surface area contributed by atoms with Crippen LogP contribution in [0, 0.1) is 11.8 Å². The summed E-state index contributed by atoms with van der Waals surface area (Å²) in [4.78, 5) is 17.0. The smallest absolute Gasteiger partial charge is 0.222 e. The lowest BCUT2D eigenvalue weighted by Gasteiger charge is -2.34. The molecule has 2 fully saturated rings. The number of nitrogens with one attached hydrogen (secondary N) is 1. The van der Waals surface area contributed by atoms with Crippen LogP contribution in [0.3, 0.4) is 0 Å². The highest BCUT2D eigenvalue weighted by Gasteiger charge is 2.30. The van der Waals surface area contributed by atoms with Crippen LogP contribution in [0.5, 0.6) is 0 Å². The van der Waals surface area contributed by atoms with E-state index in [4.69, 9.17) is 4.52 Å². The van der Waals surface area contributed by atoms with Gasteiger partial charge in [0.15, 0.2) is 5.76 Å². The molecule has 1 amide bonds. The van der Waals surface area contributed by atoms with Crippen LogP contribution in [0.1, 0.15) is 43.6 Å². The molecule has 1 N–H and O–H groups in total. The molecule has 3 heterocycles. The van der Waals surface area contributed by atoms with Gasteiger partial charge >= 0.3 is 0 Å². The Labute approximate surface area is 179 Å². The first-order valence-electron chi connectivity index (χ1n) is 11.4. The number of nitrogens with zero attached hydrogens (tertiary/aromatic N) is 3. The molecule has 2 aliphatic rings. The van der Waals surface area contributed by atoms with Gasteiger partial charge in [0.05, 0.1) is 12.2 Å². The molecular formula is C24H34N4O2. The van der Waals surface area contributed by atoms with Gasteiger partial charge in [0.1, 0.15) is 0 Å². The molecule has 30 heavy (non-hydrogen) atoms. The van der Waals surface area contributed by atoms with Gasteiger partial charge < -0.3 is 19.6 Å². The SMILES string of the molecule is CN(Cc1cc(C[C@H]2CNCC[C@H]2CC(=O)N2CCCCC2)no1)c1ccccc1. The van der Waals surface area contributed by atoms with Gasteiger partial charge in [-0.3, -0.25) is 4.79 Å². The molecule has 6 nitrogen and oxygen atoms in total. The van der Waals surface area contributed by atoms with Gasteiger partial charge in [-0.1, -0.05) is 23.4 Å². The van der Waals surface area contributed by atoms with Gasteiger partial charge in [0.25, 0.3) is 0 Å². The number of carbonyl (C=O) groups is 1. The van der Waals surface area contributed by atoms with Gasteiger partial charge in [0.2, 0.25) is 5.91 Å². The second-order valence-electron chi connectivity index (χ2n) is 8.84. The largest absolute Gasteiger partial charge is 0.367 e. The third-order valence-electron chi connectivity index (χ3n) is 6.58. The Morgan fingerprint density at radius 3 is 2.80 bits per heavy atom. The zero-order chi connectivity index (χ0) is 20.8. The molecule has 2 saturated heterocycles. The number of para-hydroxylation sites is 1. The fourth-order valence-electron chi connectivity index (χ4n) is 4.78. The number of likely N-dealkylation sites (tertiary alicyclic amines) is 1. The summed E-state index contributed by atoms with van der Waals surface area (Å²) in [5, 5.41) is 7.84. The molecule has 0 saturated carbocycles. The molecular weight excluding hydrogens is 376 g/mol. The van der Waals surface area contributed by atoms with Crippen molar-refractivity contribution in [2.75, 3.05) is 38.1 Å². The zero-order valence-electron chi connectivity index (χ0n) is 18.1. The second-order valence-corrected chi connectivity index (χ2v) is 8.84. The van der Waals surface area contributed by atoms with Crippen molar-refractivity contribution in [1.82, 2.24) is 15.4 Å². The minimum absolute atomic E-state index is 0.344. The summed E-state index contributed by atoms with van der Waals surface area (Å²) in [6.45, 7) is 4.52. The molecule has 1 aromatic carbocycles. The molecule has 2 aromatic rings. The maximum atomic E-state index is 12.8. The standard InChI is InChI=1S/C24H34N4O2/c1-27(22-8-4-2-5-9-22)18-23-16-21(26-30-23)14-20-17-25-11-10-19(20)15-24(29)28-12-6-3-7-13-28/h2,4-5,8-9,16,19-20,25H,3,6-7,10-15,17-18H2,1H3/t19-,20-/m0/s1. The number of piperidine rings is 2. The zero-order valence-corrected chi connectivity index (χ0v) is 18.1. The predicted octanol–water partition coefficient (Wildman–Crippen LogP) is 3.48. The van der Waals surface area contributed by atoms with Crippen molar-refractivity contribution in [1.29, 1.82) is 0 Å². The van der Waals surface area contributed by atoms with E-state index in [2.05, 4.69) is 45.5 Å². The van der Waals surface area contributed by atoms with Crippen LogP contribution in [-0.2, 0) is 17.8 Å². The fourth-order valence-corrected chi connectivity index (χ4v) is 4.78. The molecule has 2 atom stereocenters. The van der Waals surface area contributed by atoms with Gasteiger partial charge in [-0.05, 0) is 69.2 Å². The van der Waals surface area contributed by atoms with Gasteiger partial charge in [0, 0.05) is 38.3 Å². The van der Waals surface area contributed by atoms with E-state index < -0.39 is 0 Å². The van der Waals surface area contributed by atoms with E-state index in [1.165, 1.54) is 6.42 Å². The first kappa shape index (κ1) is 20.9. The Bertz CT molecular complexity index is 801. The van der Waals surface area contributed by atoms with Crippen LogP contribution in [0.2, 0.25) is 0 Å². The Morgan fingerprint density at radius 1 is 1.20 bits per heavy atom. The van der Waals surface area contributed by atoms with Crippen molar-refractivity contribution in [3.8, 4) is 0 Å². The molecule has 6 heteroatoms. The van der Waals surface area contributed by atoms with Crippen molar-refractivity contribution >= 4 is 11.6 Å². The quantitative estimate of drug-likeness (QED) is 0.757. The topological polar surface area (TPSA) is 61.6 Å². The molecule has 0 aliphatic carbocycles. The second kappa shape index (κ2) is 10.1. The van der Waals surface area contributed by atoms with Crippen molar-refractivity contribution in [2.24, 2.45) is 11.8 Å². The van der Waals surface area contributed by atoms with E-state index in [9.17, 15) is 4.79 Å². The Hall–Kier alpha value is -2.34. The first-order valence-corrected chi connectivity index (χ1v) is 11.4. The number of hydrogen-bond acceptors (Lipinski definition) is 5. The number of benzene rings is 1. The number of carbonyl (C=O) groups excluding carboxylic acids is 1. The maximum Gasteiger partial charge on any atom is 0.222 e. The lowest BCUT2D eigenvalue weighted by molar-refractivity contribution is -0.133. The van der Waals surface area contributed by atoms with E-state index in [-0.39, 0.29) is 0 Å². The summed E-state index contributed by atoms with van der Waals surface area (Å²) < 4.78 is 5.62. The molecule has 2 aliphatic heterocycles. The predicted molar refractivity (Wildman–Crippen MR) is 118 cm³/mol. The third kappa shape index (κ3) is 5.42. The summed E-state index contributed by atoms with van der Waals surface area (Å²) in [7, 11) is 2.06. The summed E-state index contributed by atoms with van der Waals surface area (Å²) in [5.74, 6) is 2.07. The number of rotatable bonds is 7. The maximum absolute atomic E-state index is 12.8. The molecule has 0 bridgehead atoms. The lowest BCUT2D eigenvalue weighted by atomic mass is 9.81. The molecule has 4 rings (SSSR count). The van der Waals surface area contributed by atoms with E-state index in [0.717, 1.165) is 69.0 Å². The average Bonchev–Trinajstić information content (AvgIpc) is 3.23. The van der Waals surface area contributed by atoms with E-state index >= 15 is 0 Å². The highest BCUT2D eigenvalue weighted by molar-refractivity contribution is 5.76. The van der Waals surface area contributed by atoms with Gasteiger partial charge in [-0.2, -0.15) is 0 Å². The monoisotopic (exact) mass is 410 g/mol. The Morgan fingerprint density at radius 2 is 2.00 bits per heavy atom. The highest BCUT2D eigenvalue weighted by atomic mass is 16.5. The highest BCUT2D eigenvalue weighted by Crippen LogP contribution is 2.28. The summed E-state index contributed by atoms with van der Waals surface area (Å²) in [5.41, 5.74) is 2.15. The molecule has 162 valence electrons. The van der Waals surface area contributed by atoms with E-state index in [0.29, 0.717) is 30.7 Å². The number of hydrogen-bond donors (Lipinski definition) is 1. The molecule has 0 unspecified atom stereocenters. The van der Waals surface area contributed by atoms with Crippen LogP contribution in [0.15, 0.2) is 40.9 Å². The molecule has 0 spiro atoms. The van der Waals surface area contributed by atoms with Gasteiger partial charge in [-0.25, -0.2) is 0 Å². The van der Waals surface area contributed by atoms with Crippen molar-refractivity contribution < 1.29 is 9.32 Å². The fraction of sp³-hybridized carbons (Fsp3) is 0.583. The van der Waals surface area contributed by atoms with Crippen molar-refractivity contribution in [3.05, 3.63) is 47.9 Å². The first-order chi connectivity index (χ1) is 14.7. The minimum Gasteiger partial charge on any atom is -0.367 e. The van der Waals surface area contributed by atoms with Crippen LogP contribution < -0.4 is 10.2 Å². The third-order valence-corrected chi connectivity index (χ3v) is 6.58. The van der Waals surface area contributed by atoms with Crippen LogP contribution in [0.25, 0.3) is 0 Å². The lowest BCUT2D eigenvalue weighted by Crippen LogP contribution is -2.42. The van der Waals surface area contributed by atoms with Crippen LogP contribution in [-0.4, -0.2) is 49.2 Å². The molecule has 1 aromatic heterocycles. The van der Waals surface area contributed by atoms with E-state index in [1.807, 2.05) is 18.2 Å². The number of amides is 1. The summed E-state index contributed by atoms with van der Waals surface area (Å²) in [6, 6.07) is 12.4. The van der Waals surface area contributed by atoms with Crippen LogP contribution in [0.4, 0.5) is 5.69 Å². The normalized spacial score (nSPS) is 22.1. The minimum atomic E-state index is 0.344. The Kier molecular flexibility index (Phi) is 7.05. The summed E-state index contributed by atoms with van der Waals surface area (Å²) in [6.07, 6.45) is 6.16. The van der Waals surface area contributed by atoms with Crippen molar-refractivity contribution in [2.45, 2.75) is 45.1 Å². The van der Waals surface area contributed by atoms with Crippen LogP contribution >= 0.6 is 0 Å². The number of anilines is 1. The van der Waals surface area contributed by atoms with Gasteiger partial charge in [-0.15, -0.1) is 0 Å². The van der Waals surface area contributed by atoms with E-state index in [1.54, 1.807) is 0 Å².